The Kier molecular flexibility index (Phi) is 3.21. The van der Waals surface area contributed by atoms with Crippen LogP contribution in [-0.4, -0.2) is 28.4 Å². The van der Waals surface area contributed by atoms with Gasteiger partial charge in [-0.3, -0.25) is 0 Å². The molecule has 76 valence electrons. The van der Waals surface area contributed by atoms with E-state index in [2.05, 4.69) is 9.97 Å². The Labute approximate surface area is 87.3 Å². The number of ether oxygens (including phenoxy) is 1. The molecule has 2 heterocycles. The number of thioether (sulfide) groups is 1. The predicted molar refractivity (Wildman–Crippen MR) is 56.1 cm³/mol. The van der Waals surface area contributed by atoms with Gasteiger partial charge in [-0.25, -0.2) is 9.97 Å². The number of rotatable bonds is 3. The molecular weight excluding hydrogens is 198 g/mol. The SMILES string of the molecule is Nc1cnc(SCC2CCCO2)cn1. The van der Waals surface area contributed by atoms with Gasteiger partial charge in [0.2, 0.25) is 0 Å². The molecule has 1 unspecified atom stereocenters. The molecule has 1 atom stereocenters. The molecule has 2 rings (SSSR count). The molecule has 1 aliphatic heterocycles. The molecule has 0 aromatic carbocycles. The van der Waals surface area contributed by atoms with Crippen LogP contribution in [-0.2, 0) is 4.74 Å². The van der Waals surface area contributed by atoms with Crippen LogP contribution in [0.15, 0.2) is 17.4 Å². The molecule has 1 aliphatic rings. The van der Waals surface area contributed by atoms with Crippen LogP contribution < -0.4 is 5.73 Å². The van der Waals surface area contributed by atoms with Crippen LogP contribution in [0.25, 0.3) is 0 Å². The largest absolute Gasteiger partial charge is 0.382 e. The van der Waals surface area contributed by atoms with Crippen molar-refractivity contribution in [2.75, 3.05) is 18.1 Å². The van der Waals surface area contributed by atoms with Crippen LogP contribution in [0.1, 0.15) is 12.8 Å². The molecule has 0 aliphatic carbocycles. The molecule has 0 bridgehead atoms. The quantitative estimate of drug-likeness (QED) is 0.764. The third kappa shape index (κ3) is 2.59. The van der Waals surface area contributed by atoms with Crippen molar-refractivity contribution in [2.45, 2.75) is 24.0 Å². The molecule has 14 heavy (non-hydrogen) atoms. The van der Waals surface area contributed by atoms with Gasteiger partial charge in [-0.2, -0.15) is 0 Å². The van der Waals surface area contributed by atoms with Crippen LogP contribution in [0.3, 0.4) is 0 Å². The molecule has 5 heteroatoms. The highest BCUT2D eigenvalue weighted by Gasteiger charge is 2.15. The summed E-state index contributed by atoms with van der Waals surface area (Å²) in [7, 11) is 0. The highest BCUT2D eigenvalue weighted by atomic mass is 32.2. The lowest BCUT2D eigenvalue weighted by Gasteiger charge is -2.07. The third-order valence-corrected chi connectivity index (χ3v) is 3.13. The van der Waals surface area contributed by atoms with Crippen molar-refractivity contribution in [3.05, 3.63) is 12.4 Å². The van der Waals surface area contributed by atoms with Gasteiger partial charge in [-0.05, 0) is 12.8 Å². The average Bonchev–Trinajstić information content (AvgIpc) is 2.70. The zero-order chi connectivity index (χ0) is 9.80. The van der Waals surface area contributed by atoms with Gasteiger partial charge in [0.05, 0.1) is 18.5 Å². The van der Waals surface area contributed by atoms with Crippen molar-refractivity contribution >= 4 is 17.6 Å². The van der Waals surface area contributed by atoms with Crippen LogP contribution in [0.2, 0.25) is 0 Å². The minimum absolute atomic E-state index is 0.388. The van der Waals surface area contributed by atoms with Gasteiger partial charge < -0.3 is 10.5 Å². The first-order valence-electron chi connectivity index (χ1n) is 4.66. The standard InChI is InChI=1S/C9H13N3OS/c10-8-4-12-9(5-11-8)14-6-7-2-1-3-13-7/h4-5,7H,1-3,6H2,(H2,10,11). The summed E-state index contributed by atoms with van der Waals surface area (Å²) in [6.07, 6.45) is 6.01. The lowest BCUT2D eigenvalue weighted by Crippen LogP contribution is -2.08. The van der Waals surface area contributed by atoms with Crippen LogP contribution in [0.4, 0.5) is 5.82 Å². The maximum Gasteiger partial charge on any atom is 0.141 e. The summed E-state index contributed by atoms with van der Waals surface area (Å²) in [5, 5.41) is 0.912. The lowest BCUT2D eigenvalue weighted by atomic mass is 10.3. The Morgan fingerprint density at radius 1 is 1.50 bits per heavy atom. The Bertz CT molecular complexity index is 285. The first-order chi connectivity index (χ1) is 6.84. The molecular formula is C9H13N3OS. The summed E-state index contributed by atoms with van der Waals surface area (Å²) in [6, 6.07) is 0. The molecule has 1 saturated heterocycles. The zero-order valence-electron chi connectivity index (χ0n) is 7.85. The van der Waals surface area contributed by atoms with E-state index in [-0.39, 0.29) is 0 Å². The average molecular weight is 211 g/mol. The van der Waals surface area contributed by atoms with E-state index in [0.717, 1.165) is 23.8 Å². The van der Waals surface area contributed by atoms with Crippen molar-refractivity contribution < 1.29 is 4.74 Å². The minimum atomic E-state index is 0.388. The summed E-state index contributed by atoms with van der Waals surface area (Å²) in [6.45, 7) is 0.901. The Morgan fingerprint density at radius 3 is 3.07 bits per heavy atom. The molecule has 4 nitrogen and oxygen atoms in total. The summed E-state index contributed by atoms with van der Waals surface area (Å²) >= 11 is 1.67. The van der Waals surface area contributed by atoms with Crippen LogP contribution >= 0.6 is 11.8 Å². The second-order valence-corrected chi connectivity index (χ2v) is 4.27. The fraction of sp³-hybridized carbons (Fsp3) is 0.556. The number of aromatic nitrogens is 2. The van der Waals surface area contributed by atoms with Gasteiger partial charge in [0.1, 0.15) is 10.8 Å². The van der Waals surface area contributed by atoms with Gasteiger partial charge in [-0.15, -0.1) is 11.8 Å². The van der Waals surface area contributed by atoms with Gasteiger partial charge in [0.25, 0.3) is 0 Å². The zero-order valence-corrected chi connectivity index (χ0v) is 8.67. The van der Waals surface area contributed by atoms with E-state index in [1.54, 1.807) is 24.2 Å². The van der Waals surface area contributed by atoms with Crippen molar-refractivity contribution in [1.29, 1.82) is 0 Å². The lowest BCUT2D eigenvalue weighted by molar-refractivity contribution is 0.129. The Hall–Kier alpha value is -0.810. The van der Waals surface area contributed by atoms with E-state index >= 15 is 0 Å². The van der Waals surface area contributed by atoms with E-state index in [1.807, 2.05) is 0 Å². The fourth-order valence-electron chi connectivity index (χ4n) is 1.35. The Morgan fingerprint density at radius 2 is 2.43 bits per heavy atom. The van der Waals surface area contributed by atoms with Gasteiger partial charge in [0.15, 0.2) is 0 Å². The van der Waals surface area contributed by atoms with Crippen molar-refractivity contribution in [3.8, 4) is 0 Å². The topological polar surface area (TPSA) is 61.0 Å². The first-order valence-corrected chi connectivity index (χ1v) is 5.65. The molecule has 0 radical (unpaired) electrons. The number of hydrogen-bond donors (Lipinski definition) is 1. The summed E-state index contributed by atoms with van der Waals surface area (Å²) in [5.74, 6) is 1.42. The summed E-state index contributed by atoms with van der Waals surface area (Å²) in [4.78, 5) is 8.14. The van der Waals surface area contributed by atoms with Crippen LogP contribution in [0, 0.1) is 0 Å². The number of hydrogen-bond acceptors (Lipinski definition) is 5. The van der Waals surface area contributed by atoms with E-state index in [4.69, 9.17) is 10.5 Å². The van der Waals surface area contributed by atoms with E-state index in [9.17, 15) is 0 Å². The maximum absolute atomic E-state index is 5.50. The number of nitrogens with two attached hydrogens (primary N) is 1. The molecule has 0 saturated carbocycles. The smallest absolute Gasteiger partial charge is 0.141 e. The summed E-state index contributed by atoms with van der Waals surface area (Å²) < 4.78 is 5.50. The molecule has 0 spiro atoms. The second kappa shape index (κ2) is 4.61. The van der Waals surface area contributed by atoms with Crippen molar-refractivity contribution in [3.63, 3.8) is 0 Å². The summed E-state index contributed by atoms with van der Waals surface area (Å²) in [5.41, 5.74) is 5.44. The molecule has 1 fully saturated rings. The molecule has 0 amide bonds. The molecule has 1 aromatic heterocycles. The highest BCUT2D eigenvalue weighted by molar-refractivity contribution is 7.99. The van der Waals surface area contributed by atoms with E-state index in [0.29, 0.717) is 11.9 Å². The predicted octanol–water partition coefficient (Wildman–Crippen LogP) is 1.33. The Balaban J connectivity index is 1.82. The van der Waals surface area contributed by atoms with Crippen molar-refractivity contribution in [2.24, 2.45) is 0 Å². The van der Waals surface area contributed by atoms with E-state index in [1.165, 1.54) is 6.42 Å². The third-order valence-electron chi connectivity index (χ3n) is 2.09. The highest BCUT2D eigenvalue weighted by Crippen LogP contribution is 2.21. The normalized spacial score (nSPS) is 21.3. The molecule has 2 N–H and O–H groups in total. The number of nitrogens with zero attached hydrogens (tertiary/aromatic N) is 2. The van der Waals surface area contributed by atoms with Gasteiger partial charge in [-0.1, -0.05) is 0 Å². The minimum Gasteiger partial charge on any atom is -0.382 e. The number of nitrogen functional groups attached to an aromatic ring is 1. The first kappa shape index (κ1) is 9.73. The molecule has 1 aromatic rings. The maximum atomic E-state index is 5.50. The van der Waals surface area contributed by atoms with Gasteiger partial charge in [0, 0.05) is 12.4 Å². The fourth-order valence-corrected chi connectivity index (χ4v) is 2.23. The van der Waals surface area contributed by atoms with E-state index < -0.39 is 0 Å². The number of anilines is 1. The van der Waals surface area contributed by atoms with Crippen molar-refractivity contribution in [1.82, 2.24) is 9.97 Å². The second-order valence-electron chi connectivity index (χ2n) is 3.23. The van der Waals surface area contributed by atoms with Crippen LogP contribution in [0.5, 0.6) is 0 Å². The van der Waals surface area contributed by atoms with Gasteiger partial charge >= 0.3 is 0 Å². The monoisotopic (exact) mass is 211 g/mol.